The van der Waals surface area contributed by atoms with Gasteiger partial charge in [-0.1, -0.05) is 11.6 Å². The number of rotatable bonds is 1. The fourth-order valence-electron chi connectivity index (χ4n) is 2.48. The number of aryl methyl sites for hydroxylation is 1. The summed E-state index contributed by atoms with van der Waals surface area (Å²) in [7, 11) is 3.14. The molecule has 1 aromatic carbocycles. The van der Waals surface area contributed by atoms with Crippen LogP contribution in [0.1, 0.15) is 16.1 Å². The van der Waals surface area contributed by atoms with Gasteiger partial charge in [0.1, 0.15) is 5.75 Å². The predicted octanol–water partition coefficient (Wildman–Crippen LogP) is 2.46. The van der Waals surface area contributed by atoms with Gasteiger partial charge in [-0.3, -0.25) is 4.68 Å². The summed E-state index contributed by atoms with van der Waals surface area (Å²) in [6.45, 7) is 0.483. The quantitative estimate of drug-likeness (QED) is 0.758. The maximum absolute atomic E-state index is 11.8. The van der Waals surface area contributed by atoms with Crippen molar-refractivity contribution in [3.05, 3.63) is 34.5 Å². The van der Waals surface area contributed by atoms with Crippen LogP contribution in [0.15, 0.2) is 18.2 Å². The van der Waals surface area contributed by atoms with Crippen molar-refractivity contribution < 1.29 is 14.3 Å². The van der Waals surface area contributed by atoms with E-state index in [0.29, 0.717) is 23.7 Å². The van der Waals surface area contributed by atoms with Crippen LogP contribution >= 0.6 is 11.6 Å². The number of fused-ring (bicyclic) bond motifs is 3. The molecule has 0 unspecified atom stereocenters. The smallest absolute Gasteiger partial charge is 0.358 e. The van der Waals surface area contributed by atoms with E-state index in [0.717, 1.165) is 22.6 Å². The topological polar surface area (TPSA) is 53.3 Å². The van der Waals surface area contributed by atoms with E-state index < -0.39 is 5.97 Å². The standard InChI is InChI=1S/C14H13ClN2O3/c1-17-13-9(12(16-17)14(18)19-2)5-6-20-11-4-3-8(15)7-10(11)13/h3-4,7H,5-6H2,1-2H3. The molecule has 2 heterocycles. The summed E-state index contributed by atoms with van der Waals surface area (Å²) in [5, 5.41) is 4.89. The first-order chi connectivity index (χ1) is 9.61. The highest BCUT2D eigenvalue weighted by Crippen LogP contribution is 2.38. The van der Waals surface area contributed by atoms with Gasteiger partial charge in [0.05, 0.1) is 19.4 Å². The number of nitrogens with zero attached hydrogens (tertiary/aromatic N) is 2. The van der Waals surface area contributed by atoms with E-state index in [-0.39, 0.29) is 0 Å². The second-order valence-electron chi connectivity index (χ2n) is 4.53. The minimum atomic E-state index is -0.438. The monoisotopic (exact) mass is 292 g/mol. The average Bonchev–Trinajstić information content (AvgIpc) is 2.65. The number of benzene rings is 1. The highest BCUT2D eigenvalue weighted by atomic mass is 35.5. The molecule has 5 nitrogen and oxygen atoms in total. The lowest BCUT2D eigenvalue weighted by Gasteiger charge is -2.08. The first kappa shape index (κ1) is 13.0. The Morgan fingerprint density at radius 3 is 3.05 bits per heavy atom. The molecule has 0 bridgehead atoms. The summed E-state index contributed by atoms with van der Waals surface area (Å²) in [5.74, 6) is 0.305. The first-order valence-electron chi connectivity index (χ1n) is 6.18. The average molecular weight is 293 g/mol. The van der Waals surface area contributed by atoms with Gasteiger partial charge in [-0.2, -0.15) is 5.10 Å². The number of carbonyl (C=O) groups excluding carboxylic acids is 1. The molecule has 104 valence electrons. The van der Waals surface area contributed by atoms with E-state index in [4.69, 9.17) is 21.1 Å². The zero-order valence-corrected chi connectivity index (χ0v) is 11.9. The second kappa shape index (κ2) is 4.83. The fraction of sp³-hybridized carbons (Fsp3) is 0.286. The highest BCUT2D eigenvalue weighted by Gasteiger charge is 2.27. The summed E-state index contributed by atoms with van der Waals surface area (Å²) < 4.78 is 12.2. The molecule has 6 heteroatoms. The molecule has 0 saturated heterocycles. The van der Waals surface area contributed by atoms with Gasteiger partial charge in [-0.15, -0.1) is 0 Å². The minimum absolute atomic E-state index is 0.335. The van der Waals surface area contributed by atoms with Crippen LogP contribution in [0, 0.1) is 0 Å². The Morgan fingerprint density at radius 2 is 2.30 bits per heavy atom. The second-order valence-corrected chi connectivity index (χ2v) is 4.97. The molecule has 2 aromatic rings. The molecular weight excluding hydrogens is 280 g/mol. The summed E-state index contributed by atoms with van der Waals surface area (Å²) in [6, 6.07) is 5.43. The van der Waals surface area contributed by atoms with Crippen molar-refractivity contribution in [2.75, 3.05) is 13.7 Å². The number of hydrogen-bond acceptors (Lipinski definition) is 4. The Hall–Kier alpha value is -2.01. The maximum atomic E-state index is 11.8. The third kappa shape index (κ3) is 1.94. The zero-order valence-electron chi connectivity index (χ0n) is 11.1. The van der Waals surface area contributed by atoms with Crippen LogP contribution in [-0.2, 0) is 18.2 Å². The van der Waals surface area contributed by atoms with E-state index in [1.165, 1.54) is 7.11 Å². The Balaban J connectivity index is 2.27. The molecule has 0 spiro atoms. The van der Waals surface area contributed by atoms with Gasteiger partial charge in [0.2, 0.25) is 0 Å². The number of esters is 1. The summed E-state index contributed by atoms with van der Waals surface area (Å²) in [6.07, 6.45) is 0.597. The van der Waals surface area contributed by atoms with Crippen LogP contribution in [-0.4, -0.2) is 29.5 Å². The van der Waals surface area contributed by atoms with Crippen LogP contribution in [0.3, 0.4) is 0 Å². The minimum Gasteiger partial charge on any atom is -0.493 e. The number of halogens is 1. The molecular formula is C14H13ClN2O3. The first-order valence-corrected chi connectivity index (χ1v) is 6.56. The highest BCUT2D eigenvalue weighted by molar-refractivity contribution is 6.31. The van der Waals surface area contributed by atoms with E-state index >= 15 is 0 Å². The fourth-order valence-corrected chi connectivity index (χ4v) is 2.65. The van der Waals surface area contributed by atoms with Crippen LogP contribution in [0.5, 0.6) is 5.75 Å². The molecule has 0 aliphatic carbocycles. The third-order valence-electron chi connectivity index (χ3n) is 3.33. The van der Waals surface area contributed by atoms with Crippen molar-refractivity contribution in [1.82, 2.24) is 9.78 Å². The lowest BCUT2D eigenvalue weighted by molar-refractivity contribution is 0.0591. The predicted molar refractivity (Wildman–Crippen MR) is 74.2 cm³/mol. The number of methoxy groups -OCH3 is 1. The van der Waals surface area contributed by atoms with E-state index in [1.54, 1.807) is 17.8 Å². The normalized spacial score (nSPS) is 12.9. The molecule has 0 amide bonds. The van der Waals surface area contributed by atoms with Crippen molar-refractivity contribution in [2.24, 2.45) is 7.05 Å². The van der Waals surface area contributed by atoms with Crippen molar-refractivity contribution in [2.45, 2.75) is 6.42 Å². The maximum Gasteiger partial charge on any atom is 0.358 e. The number of carbonyl (C=O) groups is 1. The van der Waals surface area contributed by atoms with Gasteiger partial charge in [0.25, 0.3) is 0 Å². The van der Waals surface area contributed by atoms with Gasteiger partial charge in [-0.25, -0.2) is 4.79 Å². The zero-order chi connectivity index (χ0) is 14.3. The summed E-state index contributed by atoms with van der Waals surface area (Å²) in [4.78, 5) is 11.8. The van der Waals surface area contributed by atoms with Crippen molar-refractivity contribution in [3.63, 3.8) is 0 Å². The SMILES string of the molecule is COC(=O)c1nn(C)c2c1CCOc1ccc(Cl)cc1-2. The molecule has 1 aliphatic rings. The van der Waals surface area contributed by atoms with E-state index in [2.05, 4.69) is 5.10 Å². The van der Waals surface area contributed by atoms with Gasteiger partial charge in [0, 0.05) is 29.6 Å². The largest absolute Gasteiger partial charge is 0.493 e. The lowest BCUT2D eigenvalue weighted by Crippen LogP contribution is -2.08. The molecule has 0 atom stereocenters. The van der Waals surface area contributed by atoms with Gasteiger partial charge >= 0.3 is 5.97 Å². The van der Waals surface area contributed by atoms with E-state index in [1.807, 2.05) is 12.1 Å². The number of ether oxygens (including phenoxy) is 2. The van der Waals surface area contributed by atoms with Gasteiger partial charge < -0.3 is 9.47 Å². The Kier molecular flexibility index (Phi) is 3.14. The van der Waals surface area contributed by atoms with Crippen LogP contribution in [0.25, 0.3) is 11.3 Å². The Labute approximate surface area is 121 Å². The van der Waals surface area contributed by atoms with Crippen molar-refractivity contribution in [1.29, 1.82) is 0 Å². The third-order valence-corrected chi connectivity index (χ3v) is 3.57. The van der Waals surface area contributed by atoms with E-state index in [9.17, 15) is 4.79 Å². The molecule has 0 radical (unpaired) electrons. The molecule has 20 heavy (non-hydrogen) atoms. The lowest BCUT2D eigenvalue weighted by atomic mass is 10.0. The molecule has 0 saturated carbocycles. The Morgan fingerprint density at radius 1 is 1.50 bits per heavy atom. The number of aromatic nitrogens is 2. The van der Waals surface area contributed by atoms with Gasteiger partial charge in [0.15, 0.2) is 5.69 Å². The molecule has 3 rings (SSSR count). The van der Waals surface area contributed by atoms with Gasteiger partial charge in [-0.05, 0) is 18.2 Å². The van der Waals surface area contributed by atoms with Crippen molar-refractivity contribution in [3.8, 4) is 17.0 Å². The summed E-state index contributed by atoms with van der Waals surface area (Å²) in [5.41, 5.74) is 2.86. The molecule has 0 N–H and O–H groups in total. The molecule has 1 aliphatic heterocycles. The van der Waals surface area contributed by atoms with Crippen LogP contribution in [0.2, 0.25) is 5.02 Å². The molecule has 0 fully saturated rings. The van der Waals surface area contributed by atoms with Crippen molar-refractivity contribution >= 4 is 17.6 Å². The summed E-state index contributed by atoms with van der Waals surface area (Å²) >= 11 is 6.07. The molecule has 1 aromatic heterocycles. The van der Waals surface area contributed by atoms with Crippen LogP contribution in [0.4, 0.5) is 0 Å². The Bertz CT molecular complexity index is 694. The van der Waals surface area contributed by atoms with Crippen LogP contribution < -0.4 is 4.74 Å². The number of hydrogen-bond donors (Lipinski definition) is 0.